The Morgan fingerprint density at radius 1 is 1.29 bits per heavy atom. The predicted octanol–water partition coefficient (Wildman–Crippen LogP) is 2.79. The summed E-state index contributed by atoms with van der Waals surface area (Å²) in [6.45, 7) is 2.95. The zero-order chi connectivity index (χ0) is 14.1. The average molecular weight is 288 g/mol. The van der Waals surface area contributed by atoms with Gasteiger partial charge in [0.1, 0.15) is 5.76 Å². The van der Waals surface area contributed by atoms with Crippen molar-refractivity contribution < 1.29 is 8.83 Å². The number of nitrogens with zero attached hydrogens (tertiary/aromatic N) is 3. The maximum Gasteiger partial charge on any atom is 0.315 e. The van der Waals surface area contributed by atoms with Crippen molar-refractivity contribution in [3.63, 3.8) is 0 Å². The molecule has 3 heterocycles. The maximum absolute atomic E-state index is 5.66. The minimum absolute atomic E-state index is 0.221. The van der Waals surface area contributed by atoms with Gasteiger partial charge in [0.05, 0.1) is 12.3 Å². The Hall–Kier alpha value is -1.82. The van der Waals surface area contributed by atoms with E-state index in [0.29, 0.717) is 11.9 Å². The van der Waals surface area contributed by atoms with Gasteiger partial charge in [-0.3, -0.25) is 4.90 Å². The summed E-state index contributed by atoms with van der Waals surface area (Å²) in [5, 5.41) is 11.5. The smallest absolute Gasteiger partial charge is 0.315 e. The quantitative estimate of drug-likeness (QED) is 0.881. The van der Waals surface area contributed by atoms with Crippen LogP contribution in [0, 0.1) is 0 Å². The lowest BCUT2D eigenvalue weighted by molar-refractivity contribution is 0.224. The number of rotatable bonds is 6. The Morgan fingerprint density at radius 3 is 2.86 bits per heavy atom. The Kier molecular flexibility index (Phi) is 3.39. The van der Waals surface area contributed by atoms with E-state index in [1.54, 1.807) is 6.26 Å². The largest absolute Gasteiger partial charge is 0.468 e. The molecule has 2 aliphatic rings. The predicted molar refractivity (Wildman–Crippen MR) is 77.0 cm³/mol. The van der Waals surface area contributed by atoms with Crippen LogP contribution in [0.4, 0.5) is 6.01 Å². The second kappa shape index (κ2) is 5.52. The van der Waals surface area contributed by atoms with E-state index in [4.69, 9.17) is 8.83 Å². The van der Waals surface area contributed by atoms with Crippen LogP contribution in [0.15, 0.2) is 27.2 Å². The molecule has 1 N–H and O–H groups in total. The third-order valence-corrected chi connectivity index (χ3v) is 4.27. The van der Waals surface area contributed by atoms with E-state index in [9.17, 15) is 0 Å². The van der Waals surface area contributed by atoms with E-state index in [0.717, 1.165) is 31.3 Å². The van der Waals surface area contributed by atoms with Crippen molar-refractivity contribution in [1.29, 1.82) is 0 Å². The van der Waals surface area contributed by atoms with Crippen LogP contribution in [0.25, 0.3) is 0 Å². The van der Waals surface area contributed by atoms with Crippen molar-refractivity contribution in [2.75, 3.05) is 25.0 Å². The van der Waals surface area contributed by atoms with Crippen LogP contribution in [0.5, 0.6) is 0 Å². The molecule has 1 aliphatic heterocycles. The van der Waals surface area contributed by atoms with Crippen molar-refractivity contribution in [2.24, 2.45) is 0 Å². The molecule has 0 bridgehead atoms. The second-order valence-corrected chi connectivity index (χ2v) is 5.87. The number of furan rings is 1. The first-order valence-electron chi connectivity index (χ1n) is 7.75. The summed E-state index contributed by atoms with van der Waals surface area (Å²) in [6.07, 6.45) is 6.58. The van der Waals surface area contributed by atoms with Crippen LogP contribution < -0.4 is 5.32 Å². The minimum atomic E-state index is 0.221. The Labute approximate surface area is 123 Å². The normalized spacial score (nSPS) is 20.8. The number of anilines is 1. The molecule has 4 rings (SSSR count). The third kappa shape index (κ3) is 2.81. The topological polar surface area (TPSA) is 67.3 Å². The van der Waals surface area contributed by atoms with Gasteiger partial charge < -0.3 is 14.2 Å². The Morgan fingerprint density at radius 2 is 2.14 bits per heavy atom. The van der Waals surface area contributed by atoms with Crippen LogP contribution in [0.3, 0.4) is 0 Å². The van der Waals surface area contributed by atoms with Gasteiger partial charge in [0, 0.05) is 12.5 Å². The lowest BCUT2D eigenvalue weighted by atomic mass is 10.2. The van der Waals surface area contributed by atoms with Gasteiger partial charge in [0.25, 0.3) is 0 Å². The first-order chi connectivity index (χ1) is 10.4. The van der Waals surface area contributed by atoms with Crippen molar-refractivity contribution in [3.8, 4) is 0 Å². The second-order valence-electron chi connectivity index (χ2n) is 5.87. The van der Waals surface area contributed by atoms with Gasteiger partial charge in [0.15, 0.2) is 0 Å². The molecule has 21 heavy (non-hydrogen) atoms. The summed E-state index contributed by atoms with van der Waals surface area (Å²) >= 11 is 0. The molecule has 2 fully saturated rings. The Bertz CT molecular complexity index is 570. The van der Waals surface area contributed by atoms with Gasteiger partial charge in [-0.05, 0) is 50.9 Å². The number of aromatic nitrogens is 2. The minimum Gasteiger partial charge on any atom is -0.468 e. The van der Waals surface area contributed by atoms with E-state index in [-0.39, 0.29) is 6.04 Å². The highest BCUT2D eigenvalue weighted by Crippen LogP contribution is 2.39. The molecule has 0 spiro atoms. The van der Waals surface area contributed by atoms with Gasteiger partial charge in [0.2, 0.25) is 5.89 Å². The molecule has 1 saturated carbocycles. The maximum atomic E-state index is 5.66. The zero-order valence-electron chi connectivity index (χ0n) is 12.0. The van der Waals surface area contributed by atoms with Gasteiger partial charge in [-0.1, -0.05) is 5.10 Å². The van der Waals surface area contributed by atoms with Crippen LogP contribution in [0.2, 0.25) is 0 Å². The van der Waals surface area contributed by atoms with E-state index in [1.807, 2.05) is 12.1 Å². The summed E-state index contributed by atoms with van der Waals surface area (Å²) < 4.78 is 11.3. The molecule has 1 saturated heterocycles. The molecule has 1 aliphatic carbocycles. The fraction of sp³-hybridized carbons (Fsp3) is 0.600. The molecule has 1 unspecified atom stereocenters. The molecule has 0 aromatic carbocycles. The summed E-state index contributed by atoms with van der Waals surface area (Å²) in [4.78, 5) is 2.45. The van der Waals surface area contributed by atoms with Gasteiger partial charge in [-0.25, -0.2) is 0 Å². The number of likely N-dealkylation sites (tertiary alicyclic amines) is 1. The molecule has 6 heteroatoms. The summed E-state index contributed by atoms with van der Waals surface area (Å²) in [5.41, 5.74) is 0. The first kappa shape index (κ1) is 12.9. The van der Waals surface area contributed by atoms with Crippen molar-refractivity contribution in [2.45, 2.75) is 37.6 Å². The van der Waals surface area contributed by atoms with E-state index < -0.39 is 0 Å². The molecule has 0 radical (unpaired) electrons. The van der Waals surface area contributed by atoms with E-state index >= 15 is 0 Å². The molecule has 112 valence electrons. The van der Waals surface area contributed by atoms with Gasteiger partial charge >= 0.3 is 6.01 Å². The lowest BCUT2D eigenvalue weighted by Gasteiger charge is -2.25. The highest BCUT2D eigenvalue weighted by atomic mass is 16.4. The molecular weight excluding hydrogens is 268 g/mol. The molecular formula is C15H20N4O2. The monoisotopic (exact) mass is 288 g/mol. The average Bonchev–Trinajstić information content (AvgIpc) is 2.96. The van der Waals surface area contributed by atoms with Gasteiger partial charge in [-0.2, -0.15) is 0 Å². The summed E-state index contributed by atoms with van der Waals surface area (Å²) in [6, 6.07) is 4.72. The first-order valence-corrected chi connectivity index (χ1v) is 7.75. The van der Waals surface area contributed by atoms with Crippen molar-refractivity contribution in [1.82, 2.24) is 15.1 Å². The van der Waals surface area contributed by atoms with Gasteiger partial charge in [-0.15, -0.1) is 5.10 Å². The highest BCUT2D eigenvalue weighted by Gasteiger charge is 2.30. The fourth-order valence-corrected chi connectivity index (χ4v) is 2.93. The lowest BCUT2D eigenvalue weighted by Crippen LogP contribution is -2.30. The molecule has 0 amide bonds. The molecule has 2 aromatic heterocycles. The summed E-state index contributed by atoms with van der Waals surface area (Å²) in [5.74, 6) is 2.26. The van der Waals surface area contributed by atoms with E-state index in [2.05, 4.69) is 20.4 Å². The standard InChI is InChI=1S/C15H20N4O2/c1-2-8-19(7-1)12(13-4-3-9-20-13)10-16-15-18-17-14(21-15)11-5-6-11/h3-4,9,11-12H,1-2,5-8,10H2,(H,16,18). The summed E-state index contributed by atoms with van der Waals surface area (Å²) in [7, 11) is 0. The Balaban J connectivity index is 1.43. The zero-order valence-corrected chi connectivity index (χ0v) is 12.0. The molecule has 6 nitrogen and oxygen atoms in total. The third-order valence-electron chi connectivity index (χ3n) is 4.27. The van der Waals surface area contributed by atoms with E-state index in [1.165, 1.54) is 25.7 Å². The number of hydrogen-bond donors (Lipinski definition) is 1. The molecule has 1 atom stereocenters. The van der Waals surface area contributed by atoms with Crippen molar-refractivity contribution in [3.05, 3.63) is 30.0 Å². The number of nitrogens with one attached hydrogen (secondary N) is 1. The van der Waals surface area contributed by atoms with Crippen LogP contribution >= 0.6 is 0 Å². The number of hydrogen-bond acceptors (Lipinski definition) is 6. The van der Waals surface area contributed by atoms with Crippen LogP contribution in [-0.2, 0) is 0 Å². The SMILES string of the molecule is c1coc(C(CNc2nnc(C3CC3)o2)N2CCCC2)c1. The van der Waals surface area contributed by atoms with Crippen molar-refractivity contribution >= 4 is 6.01 Å². The molecule has 2 aromatic rings. The van der Waals surface area contributed by atoms with Crippen LogP contribution in [0.1, 0.15) is 49.3 Å². The fourth-order valence-electron chi connectivity index (χ4n) is 2.93. The van der Waals surface area contributed by atoms with Crippen LogP contribution in [-0.4, -0.2) is 34.7 Å². The highest BCUT2D eigenvalue weighted by molar-refractivity contribution is 5.21.